The first-order chi connectivity index (χ1) is 13.8. The Kier molecular flexibility index (Phi) is 8.60. The second-order valence-electron chi connectivity index (χ2n) is 7.02. The van der Waals surface area contributed by atoms with Gasteiger partial charge in [0.25, 0.3) is 0 Å². The van der Waals surface area contributed by atoms with Crippen molar-refractivity contribution in [2.24, 2.45) is 4.99 Å². The van der Waals surface area contributed by atoms with Crippen molar-refractivity contribution in [3.8, 4) is 0 Å². The number of halogens is 1. The van der Waals surface area contributed by atoms with E-state index in [9.17, 15) is 12.8 Å². The van der Waals surface area contributed by atoms with Crippen molar-refractivity contribution in [1.82, 2.24) is 15.4 Å². The van der Waals surface area contributed by atoms with Crippen LogP contribution in [-0.2, 0) is 28.9 Å². The lowest BCUT2D eigenvalue weighted by Gasteiger charge is -2.12. The first-order valence-corrected chi connectivity index (χ1v) is 11.3. The van der Waals surface area contributed by atoms with Gasteiger partial charge in [-0.05, 0) is 49.6 Å². The summed E-state index contributed by atoms with van der Waals surface area (Å²) in [6.45, 7) is 7.28. The normalized spacial score (nSPS) is 12.2. The molecular formula is C21H29FN4O2S. The van der Waals surface area contributed by atoms with Crippen molar-refractivity contribution in [2.45, 2.75) is 45.7 Å². The average molecular weight is 421 g/mol. The molecular weight excluding hydrogens is 391 g/mol. The van der Waals surface area contributed by atoms with Crippen LogP contribution >= 0.6 is 0 Å². The van der Waals surface area contributed by atoms with Gasteiger partial charge in [0, 0.05) is 19.1 Å². The Balaban J connectivity index is 1.93. The zero-order valence-corrected chi connectivity index (χ0v) is 17.9. The molecule has 0 aliphatic carbocycles. The number of guanidine groups is 1. The fraction of sp³-hybridized carbons (Fsp3) is 0.381. The quantitative estimate of drug-likeness (QED) is 0.430. The maximum Gasteiger partial charge on any atom is 0.216 e. The van der Waals surface area contributed by atoms with Gasteiger partial charge in [0.05, 0.1) is 12.3 Å². The molecule has 0 aromatic heterocycles. The average Bonchev–Trinajstić information content (AvgIpc) is 2.65. The first-order valence-electron chi connectivity index (χ1n) is 9.62. The first kappa shape index (κ1) is 22.8. The van der Waals surface area contributed by atoms with Gasteiger partial charge in [0.1, 0.15) is 5.82 Å². The molecule has 0 atom stereocenters. The summed E-state index contributed by atoms with van der Waals surface area (Å²) in [6, 6.07) is 13.6. The third-order valence-corrected chi connectivity index (χ3v) is 5.48. The number of aliphatic imine (C=N–C) groups is 1. The molecule has 0 radical (unpaired) electrons. The second-order valence-corrected chi connectivity index (χ2v) is 8.78. The van der Waals surface area contributed by atoms with Gasteiger partial charge in [0.15, 0.2) is 5.96 Å². The Hall–Kier alpha value is -2.45. The lowest BCUT2D eigenvalue weighted by atomic mass is 10.1. The number of hydrogen-bond donors (Lipinski definition) is 3. The van der Waals surface area contributed by atoms with Crippen LogP contribution in [0.5, 0.6) is 0 Å². The molecule has 29 heavy (non-hydrogen) atoms. The number of nitrogens with zero attached hydrogens (tertiary/aromatic N) is 1. The molecule has 0 aliphatic rings. The molecule has 2 aromatic carbocycles. The summed E-state index contributed by atoms with van der Waals surface area (Å²) in [5.41, 5.74) is 2.67. The van der Waals surface area contributed by atoms with Crippen LogP contribution in [0.4, 0.5) is 4.39 Å². The highest BCUT2D eigenvalue weighted by molar-refractivity contribution is 7.88. The van der Waals surface area contributed by atoms with Crippen LogP contribution in [0.1, 0.15) is 37.5 Å². The molecule has 8 heteroatoms. The Morgan fingerprint density at radius 2 is 1.55 bits per heavy atom. The lowest BCUT2D eigenvalue weighted by Crippen LogP contribution is -2.36. The van der Waals surface area contributed by atoms with E-state index >= 15 is 0 Å². The predicted molar refractivity (Wildman–Crippen MR) is 115 cm³/mol. The van der Waals surface area contributed by atoms with Crippen molar-refractivity contribution in [3.63, 3.8) is 0 Å². The molecule has 0 unspecified atom stereocenters. The molecule has 0 amide bonds. The molecule has 3 N–H and O–H groups in total. The van der Waals surface area contributed by atoms with Crippen LogP contribution in [0.2, 0.25) is 0 Å². The maximum absolute atomic E-state index is 13.0. The van der Waals surface area contributed by atoms with Gasteiger partial charge in [-0.2, -0.15) is 0 Å². The molecule has 2 rings (SSSR count). The summed E-state index contributed by atoms with van der Waals surface area (Å²) in [5.74, 6) is 0.351. The lowest BCUT2D eigenvalue weighted by molar-refractivity contribution is 0.569. The van der Waals surface area contributed by atoms with Crippen LogP contribution < -0.4 is 15.4 Å². The third-order valence-electron chi connectivity index (χ3n) is 3.93. The van der Waals surface area contributed by atoms with E-state index in [-0.39, 0.29) is 17.6 Å². The summed E-state index contributed by atoms with van der Waals surface area (Å²) in [6.07, 6.45) is 0. The monoisotopic (exact) mass is 420 g/mol. The summed E-state index contributed by atoms with van der Waals surface area (Å²) in [7, 11) is -3.33. The van der Waals surface area contributed by atoms with E-state index in [4.69, 9.17) is 0 Å². The number of rotatable bonds is 9. The van der Waals surface area contributed by atoms with Crippen LogP contribution in [-0.4, -0.2) is 27.0 Å². The molecule has 6 nitrogen and oxygen atoms in total. The number of sulfonamides is 1. The molecule has 0 bridgehead atoms. The van der Waals surface area contributed by atoms with Gasteiger partial charge in [-0.15, -0.1) is 0 Å². The zero-order chi connectivity index (χ0) is 21.3. The molecule has 0 heterocycles. The van der Waals surface area contributed by atoms with Gasteiger partial charge >= 0.3 is 0 Å². The minimum absolute atomic E-state index is 0.0410. The molecule has 158 valence electrons. The van der Waals surface area contributed by atoms with E-state index in [1.54, 1.807) is 26.0 Å². The Morgan fingerprint density at radius 3 is 2.14 bits per heavy atom. The Bertz CT molecular complexity index is 895. The largest absolute Gasteiger partial charge is 0.357 e. The van der Waals surface area contributed by atoms with Crippen molar-refractivity contribution in [3.05, 3.63) is 71.0 Å². The van der Waals surface area contributed by atoms with Gasteiger partial charge in [0.2, 0.25) is 10.0 Å². The second kappa shape index (κ2) is 10.9. The fourth-order valence-corrected chi connectivity index (χ4v) is 4.09. The van der Waals surface area contributed by atoms with E-state index in [2.05, 4.69) is 20.3 Å². The highest BCUT2D eigenvalue weighted by Gasteiger charge is 2.12. The number of hydrogen-bond acceptors (Lipinski definition) is 3. The number of benzene rings is 2. The zero-order valence-electron chi connectivity index (χ0n) is 17.1. The van der Waals surface area contributed by atoms with E-state index in [1.165, 1.54) is 12.1 Å². The van der Waals surface area contributed by atoms with Crippen molar-refractivity contribution < 1.29 is 12.8 Å². The highest BCUT2D eigenvalue weighted by Crippen LogP contribution is 2.09. The van der Waals surface area contributed by atoms with Gasteiger partial charge in [-0.25, -0.2) is 22.5 Å². The van der Waals surface area contributed by atoms with Gasteiger partial charge in [-0.1, -0.05) is 36.4 Å². The summed E-state index contributed by atoms with van der Waals surface area (Å²) < 4.78 is 39.6. The van der Waals surface area contributed by atoms with Crippen LogP contribution in [0.3, 0.4) is 0 Å². The minimum atomic E-state index is -3.33. The Labute approximate surface area is 172 Å². The smallest absolute Gasteiger partial charge is 0.216 e. The standard InChI is InChI=1S/C21H29FN4O2S/c1-4-23-21(25-14-18-9-11-20(22)12-10-18)24-13-17-5-7-19(8-6-17)15-29(27,28)26-16(2)3/h5-12,16,26H,4,13-15H2,1-3H3,(H2,23,24,25). The number of nitrogens with one attached hydrogen (secondary N) is 3. The van der Waals surface area contributed by atoms with Crippen molar-refractivity contribution in [2.75, 3.05) is 6.54 Å². The molecule has 0 saturated heterocycles. The molecule has 0 saturated carbocycles. The van der Waals surface area contributed by atoms with Gasteiger partial charge in [-0.3, -0.25) is 0 Å². The van der Waals surface area contributed by atoms with E-state index in [0.29, 0.717) is 19.0 Å². The third kappa shape index (κ3) is 8.62. The highest BCUT2D eigenvalue weighted by atomic mass is 32.2. The van der Waals surface area contributed by atoms with Crippen LogP contribution in [0, 0.1) is 5.82 Å². The Morgan fingerprint density at radius 1 is 0.966 bits per heavy atom. The van der Waals surface area contributed by atoms with Crippen molar-refractivity contribution >= 4 is 16.0 Å². The van der Waals surface area contributed by atoms with Gasteiger partial charge < -0.3 is 10.6 Å². The van der Waals surface area contributed by atoms with Crippen molar-refractivity contribution in [1.29, 1.82) is 0 Å². The fourth-order valence-electron chi connectivity index (χ4n) is 2.66. The molecule has 0 aliphatic heterocycles. The minimum Gasteiger partial charge on any atom is -0.357 e. The SMILES string of the molecule is CCNC(=NCc1ccc(F)cc1)NCc1ccc(CS(=O)(=O)NC(C)C)cc1. The van der Waals surface area contributed by atoms with E-state index < -0.39 is 10.0 Å². The van der Waals surface area contributed by atoms with E-state index in [1.807, 2.05) is 31.2 Å². The maximum atomic E-state index is 13.0. The predicted octanol–water partition coefficient (Wildman–Crippen LogP) is 2.91. The van der Waals surface area contributed by atoms with Crippen LogP contribution in [0.25, 0.3) is 0 Å². The molecule has 2 aromatic rings. The van der Waals surface area contributed by atoms with Crippen LogP contribution in [0.15, 0.2) is 53.5 Å². The topological polar surface area (TPSA) is 82.6 Å². The molecule has 0 fully saturated rings. The van der Waals surface area contributed by atoms with E-state index in [0.717, 1.165) is 23.2 Å². The summed E-state index contributed by atoms with van der Waals surface area (Å²) >= 11 is 0. The summed E-state index contributed by atoms with van der Waals surface area (Å²) in [5, 5.41) is 6.42. The molecule has 0 spiro atoms. The summed E-state index contributed by atoms with van der Waals surface area (Å²) in [4.78, 5) is 4.51.